The van der Waals surface area contributed by atoms with Crippen molar-refractivity contribution in [1.82, 2.24) is 4.98 Å². The van der Waals surface area contributed by atoms with Gasteiger partial charge in [-0.05, 0) is 19.1 Å². The molecule has 0 aliphatic heterocycles. The van der Waals surface area contributed by atoms with Crippen LogP contribution in [0.5, 0.6) is 0 Å². The lowest BCUT2D eigenvalue weighted by atomic mass is 10.1. The highest BCUT2D eigenvalue weighted by Crippen LogP contribution is 2.31. The van der Waals surface area contributed by atoms with Gasteiger partial charge in [0, 0.05) is 12.6 Å². The summed E-state index contributed by atoms with van der Waals surface area (Å²) >= 11 is 0. The Kier molecular flexibility index (Phi) is 3.10. The molecule has 0 saturated carbocycles. The predicted molar refractivity (Wildman–Crippen MR) is 44.6 cm³/mol. The van der Waals surface area contributed by atoms with Crippen molar-refractivity contribution in [2.24, 2.45) is 0 Å². The summed E-state index contributed by atoms with van der Waals surface area (Å²) in [5.41, 5.74) is -0.893. The molecule has 0 aromatic carbocycles. The molecule has 14 heavy (non-hydrogen) atoms. The minimum Gasteiger partial charge on any atom is -0.393 e. The maximum Gasteiger partial charge on any atom is 0.418 e. The summed E-state index contributed by atoms with van der Waals surface area (Å²) in [5.74, 6) is 0. The van der Waals surface area contributed by atoms with Crippen molar-refractivity contribution in [1.29, 1.82) is 0 Å². The number of alkyl halides is 3. The average molecular weight is 205 g/mol. The van der Waals surface area contributed by atoms with Crippen molar-refractivity contribution < 1.29 is 18.3 Å². The van der Waals surface area contributed by atoms with Gasteiger partial charge in [0.1, 0.15) is 0 Å². The molecule has 0 saturated heterocycles. The third kappa shape index (κ3) is 2.70. The molecular formula is C9H10F3NO. The summed E-state index contributed by atoms with van der Waals surface area (Å²) in [6.07, 6.45) is -4.04. The Morgan fingerprint density at radius 2 is 2.14 bits per heavy atom. The Bertz CT molecular complexity index is 309. The van der Waals surface area contributed by atoms with Crippen LogP contribution in [-0.4, -0.2) is 16.2 Å². The van der Waals surface area contributed by atoms with Gasteiger partial charge in [-0.15, -0.1) is 0 Å². The molecule has 2 nitrogen and oxygen atoms in total. The van der Waals surface area contributed by atoms with E-state index in [9.17, 15) is 13.2 Å². The number of hydrogen-bond donors (Lipinski definition) is 1. The fourth-order valence-corrected chi connectivity index (χ4v) is 1.14. The molecule has 78 valence electrons. The van der Waals surface area contributed by atoms with E-state index in [4.69, 9.17) is 5.11 Å². The molecule has 0 radical (unpaired) electrons. The van der Waals surface area contributed by atoms with Gasteiger partial charge in [-0.1, -0.05) is 0 Å². The van der Waals surface area contributed by atoms with Gasteiger partial charge in [-0.3, -0.25) is 4.98 Å². The van der Waals surface area contributed by atoms with E-state index in [1.54, 1.807) is 0 Å². The van der Waals surface area contributed by atoms with Crippen LogP contribution in [0.15, 0.2) is 18.3 Å². The Labute approximate surface area is 79.4 Å². The highest BCUT2D eigenvalue weighted by atomic mass is 19.4. The van der Waals surface area contributed by atoms with E-state index in [-0.39, 0.29) is 12.1 Å². The van der Waals surface area contributed by atoms with E-state index in [0.29, 0.717) is 0 Å². The van der Waals surface area contributed by atoms with Crippen molar-refractivity contribution in [3.63, 3.8) is 0 Å². The van der Waals surface area contributed by atoms with Gasteiger partial charge in [0.15, 0.2) is 0 Å². The third-order valence-electron chi connectivity index (χ3n) is 1.68. The van der Waals surface area contributed by atoms with E-state index in [2.05, 4.69) is 4.98 Å². The number of aliphatic hydroxyl groups excluding tert-OH is 1. The lowest BCUT2D eigenvalue weighted by molar-refractivity contribution is -0.138. The van der Waals surface area contributed by atoms with Gasteiger partial charge in [-0.25, -0.2) is 0 Å². The van der Waals surface area contributed by atoms with E-state index < -0.39 is 17.8 Å². The molecule has 0 aliphatic rings. The lowest BCUT2D eigenvalue weighted by Crippen LogP contribution is -2.14. The Hall–Kier alpha value is -1.10. The zero-order valence-electron chi connectivity index (χ0n) is 7.54. The second kappa shape index (κ2) is 3.96. The standard InChI is InChI=1S/C9H10F3NO/c1-6(14)5-8-7(9(10,11)12)3-2-4-13-8/h2-4,6,14H,5H2,1H3/t6-/m1/s1. The van der Waals surface area contributed by atoms with Crippen molar-refractivity contribution in [3.8, 4) is 0 Å². The molecule has 0 spiro atoms. The Morgan fingerprint density at radius 1 is 1.50 bits per heavy atom. The summed E-state index contributed by atoms with van der Waals surface area (Å²) in [4.78, 5) is 3.61. The summed E-state index contributed by atoms with van der Waals surface area (Å²) in [7, 11) is 0. The Morgan fingerprint density at radius 3 is 2.64 bits per heavy atom. The maximum absolute atomic E-state index is 12.4. The van der Waals surface area contributed by atoms with Gasteiger partial charge in [0.2, 0.25) is 0 Å². The van der Waals surface area contributed by atoms with Gasteiger partial charge in [0.25, 0.3) is 0 Å². The number of halogens is 3. The third-order valence-corrected chi connectivity index (χ3v) is 1.68. The molecule has 5 heteroatoms. The lowest BCUT2D eigenvalue weighted by Gasteiger charge is -2.12. The predicted octanol–water partition coefficient (Wildman–Crippen LogP) is 2.02. The fourth-order valence-electron chi connectivity index (χ4n) is 1.14. The highest BCUT2D eigenvalue weighted by molar-refractivity contribution is 5.23. The normalized spacial score (nSPS) is 14.1. The van der Waals surface area contributed by atoms with Crippen molar-refractivity contribution >= 4 is 0 Å². The first-order valence-corrected chi connectivity index (χ1v) is 4.10. The van der Waals surface area contributed by atoms with Crippen LogP contribution in [0, 0.1) is 0 Å². The number of rotatable bonds is 2. The molecule has 1 rings (SSSR count). The van der Waals surface area contributed by atoms with Crippen LogP contribution in [-0.2, 0) is 12.6 Å². The largest absolute Gasteiger partial charge is 0.418 e. The first-order valence-electron chi connectivity index (χ1n) is 4.10. The van der Waals surface area contributed by atoms with Crippen LogP contribution in [0.2, 0.25) is 0 Å². The molecule has 0 amide bonds. The second-order valence-electron chi connectivity index (χ2n) is 3.05. The molecule has 1 aromatic rings. The summed E-state index contributed by atoms with van der Waals surface area (Å²) < 4.78 is 37.1. The number of aliphatic hydroxyl groups is 1. The van der Waals surface area contributed by atoms with Crippen LogP contribution in [0.4, 0.5) is 13.2 Å². The zero-order valence-corrected chi connectivity index (χ0v) is 7.54. The molecule has 1 atom stereocenters. The molecule has 1 heterocycles. The molecule has 1 aromatic heterocycles. The Balaban J connectivity index is 3.04. The summed E-state index contributed by atoms with van der Waals surface area (Å²) in [6, 6.07) is 2.19. The van der Waals surface area contributed by atoms with Crippen molar-refractivity contribution in [2.45, 2.75) is 25.6 Å². The van der Waals surface area contributed by atoms with Gasteiger partial charge in [0.05, 0.1) is 17.4 Å². The number of hydrogen-bond acceptors (Lipinski definition) is 2. The van der Waals surface area contributed by atoms with E-state index >= 15 is 0 Å². The first kappa shape index (κ1) is 11.0. The molecule has 1 N–H and O–H groups in total. The van der Waals surface area contributed by atoms with Crippen LogP contribution in [0.25, 0.3) is 0 Å². The maximum atomic E-state index is 12.4. The van der Waals surface area contributed by atoms with Crippen molar-refractivity contribution in [2.75, 3.05) is 0 Å². The average Bonchev–Trinajstić information content (AvgIpc) is 2.01. The van der Waals surface area contributed by atoms with E-state index in [1.165, 1.54) is 19.2 Å². The monoisotopic (exact) mass is 205 g/mol. The second-order valence-corrected chi connectivity index (χ2v) is 3.05. The van der Waals surface area contributed by atoms with Crippen LogP contribution >= 0.6 is 0 Å². The van der Waals surface area contributed by atoms with E-state index in [0.717, 1.165) is 6.07 Å². The quantitative estimate of drug-likeness (QED) is 0.801. The minimum absolute atomic E-state index is 0.0876. The highest BCUT2D eigenvalue weighted by Gasteiger charge is 2.33. The molecule has 0 bridgehead atoms. The number of pyridine rings is 1. The van der Waals surface area contributed by atoms with Gasteiger partial charge in [-0.2, -0.15) is 13.2 Å². The van der Waals surface area contributed by atoms with Gasteiger partial charge < -0.3 is 5.11 Å². The first-order chi connectivity index (χ1) is 6.41. The zero-order chi connectivity index (χ0) is 10.8. The number of aromatic nitrogens is 1. The fraction of sp³-hybridized carbons (Fsp3) is 0.444. The van der Waals surface area contributed by atoms with Crippen LogP contribution in [0.1, 0.15) is 18.2 Å². The molecule has 0 aliphatic carbocycles. The van der Waals surface area contributed by atoms with Crippen molar-refractivity contribution in [3.05, 3.63) is 29.6 Å². The smallest absolute Gasteiger partial charge is 0.393 e. The molecule has 0 fully saturated rings. The summed E-state index contributed by atoms with van der Waals surface area (Å²) in [6.45, 7) is 1.43. The summed E-state index contributed by atoms with van der Waals surface area (Å²) in [5, 5.41) is 8.99. The van der Waals surface area contributed by atoms with Crippen LogP contribution < -0.4 is 0 Å². The minimum atomic E-state index is -4.40. The molecule has 0 unspecified atom stereocenters. The van der Waals surface area contributed by atoms with Gasteiger partial charge >= 0.3 is 6.18 Å². The number of nitrogens with zero attached hydrogens (tertiary/aromatic N) is 1. The van der Waals surface area contributed by atoms with E-state index in [1.807, 2.05) is 0 Å². The van der Waals surface area contributed by atoms with Crippen LogP contribution in [0.3, 0.4) is 0 Å². The SMILES string of the molecule is C[C@@H](O)Cc1ncccc1C(F)(F)F. The molecular weight excluding hydrogens is 195 g/mol. The topological polar surface area (TPSA) is 33.1 Å².